The molecule has 0 spiro atoms. The number of hydrogen-bond acceptors (Lipinski definition) is 6. The average Bonchev–Trinajstić information content (AvgIpc) is 3.45. The van der Waals surface area contributed by atoms with Crippen molar-refractivity contribution >= 4 is 17.9 Å². The molecule has 0 aromatic carbocycles. The molecule has 0 fully saturated rings. The maximum atomic E-state index is 12.9. The second kappa shape index (κ2) is 66.1. The van der Waals surface area contributed by atoms with Crippen LogP contribution in [0, 0.1) is 0 Å². The van der Waals surface area contributed by atoms with Gasteiger partial charge < -0.3 is 14.2 Å². The molecule has 0 amide bonds. The van der Waals surface area contributed by atoms with Gasteiger partial charge in [0.1, 0.15) is 13.2 Å². The molecule has 0 saturated carbocycles. The van der Waals surface area contributed by atoms with Crippen LogP contribution in [0.1, 0.15) is 290 Å². The lowest BCUT2D eigenvalue weighted by Crippen LogP contribution is -2.30. The Kier molecular flexibility index (Phi) is 62.3. The van der Waals surface area contributed by atoms with Crippen molar-refractivity contribution in [3.8, 4) is 0 Å². The zero-order valence-electron chi connectivity index (χ0n) is 51.3. The van der Waals surface area contributed by atoms with Crippen molar-refractivity contribution in [3.05, 3.63) is 134 Å². The van der Waals surface area contributed by atoms with Crippen molar-refractivity contribution in [1.29, 1.82) is 0 Å². The smallest absolute Gasteiger partial charge is 0.306 e. The fourth-order valence-corrected chi connectivity index (χ4v) is 8.74. The van der Waals surface area contributed by atoms with Crippen LogP contribution in [-0.2, 0) is 28.6 Å². The highest BCUT2D eigenvalue weighted by atomic mass is 16.6. The standard InChI is InChI=1S/C73H120O6/c1-4-7-10-13-16-19-22-25-28-31-34-35-36-37-40-42-45-48-51-54-57-60-63-66-72(75)78-69-70(79-73(76)67-64-61-58-55-52-49-46-43-39-33-30-27-24-21-18-15-12-9-6-3)68-77-71(74)65-62-59-56-53-50-47-44-41-38-32-29-26-23-20-17-14-11-8-5-2/h9,12,17-18,20-22,25-27,29-31,34,38-39,41,43,49,52,58,61,70H,4-8,10-11,13-16,19,23-24,28,32-33,35-37,40,42,44-48,50-51,53-57,59-60,62-69H2,1-3H3/b12-9-,20-17-,21-18-,25-22-,29-26-,30-27-,34-31-,41-38-,43-39-,52-49-,61-58-. The number of rotatable bonds is 58. The van der Waals surface area contributed by atoms with Gasteiger partial charge in [-0.15, -0.1) is 0 Å². The summed E-state index contributed by atoms with van der Waals surface area (Å²) in [5.41, 5.74) is 0. The summed E-state index contributed by atoms with van der Waals surface area (Å²) < 4.78 is 16.9. The van der Waals surface area contributed by atoms with Gasteiger partial charge in [-0.1, -0.05) is 276 Å². The molecule has 1 unspecified atom stereocenters. The Morgan fingerprint density at radius 1 is 0.266 bits per heavy atom. The molecule has 448 valence electrons. The van der Waals surface area contributed by atoms with Crippen LogP contribution in [0.25, 0.3) is 0 Å². The summed E-state index contributed by atoms with van der Waals surface area (Å²) in [6, 6.07) is 0. The van der Waals surface area contributed by atoms with Crippen molar-refractivity contribution in [3.63, 3.8) is 0 Å². The molecular weight excluding hydrogens is 973 g/mol. The van der Waals surface area contributed by atoms with E-state index in [1.54, 1.807) is 0 Å². The Labute approximate surface area is 487 Å². The minimum Gasteiger partial charge on any atom is -0.462 e. The summed E-state index contributed by atoms with van der Waals surface area (Å²) in [7, 11) is 0. The molecule has 1 atom stereocenters. The molecule has 0 bridgehead atoms. The van der Waals surface area contributed by atoms with E-state index in [2.05, 4.69) is 148 Å². The molecule has 0 radical (unpaired) electrons. The van der Waals surface area contributed by atoms with Crippen LogP contribution < -0.4 is 0 Å². The van der Waals surface area contributed by atoms with E-state index < -0.39 is 12.1 Å². The summed E-state index contributed by atoms with van der Waals surface area (Å²) in [6.07, 6.45) is 93.2. The van der Waals surface area contributed by atoms with E-state index in [-0.39, 0.29) is 31.6 Å². The molecule has 6 nitrogen and oxygen atoms in total. The van der Waals surface area contributed by atoms with Crippen LogP contribution in [0.2, 0.25) is 0 Å². The lowest BCUT2D eigenvalue weighted by atomic mass is 10.0. The molecule has 0 rings (SSSR count). The van der Waals surface area contributed by atoms with E-state index in [1.807, 2.05) is 6.08 Å². The van der Waals surface area contributed by atoms with Gasteiger partial charge in [0.05, 0.1) is 0 Å². The molecule has 0 aromatic rings. The summed E-state index contributed by atoms with van der Waals surface area (Å²) in [5, 5.41) is 0. The van der Waals surface area contributed by atoms with Crippen LogP contribution in [0.3, 0.4) is 0 Å². The molecule has 79 heavy (non-hydrogen) atoms. The maximum absolute atomic E-state index is 12.9. The van der Waals surface area contributed by atoms with Gasteiger partial charge in [-0.25, -0.2) is 0 Å². The van der Waals surface area contributed by atoms with E-state index in [4.69, 9.17) is 14.2 Å². The van der Waals surface area contributed by atoms with E-state index in [0.717, 1.165) is 109 Å². The molecule has 0 aliphatic carbocycles. The first-order valence-corrected chi connectivity index (χ1v) is 32.7. The average molecular weight is 1090 g/mol. The molecule has 0 aliphatic rings. The SMILES string of the molecule is CC/C=C\C/C=C\C/C=C\C/C=C\C/C=C\C/C=C\CCC(=O)OC(COC(=O)CCCCCCCC/C=C\C/C=C\C/C=C\CCCCC)COC(=O)CCCCCCCCCCCCC/C=C\C/C=C\CCCCCCC. The molecular formula is C73H120O6. The van der Waals surface area contributed by atoms with Crippen LogP contribution in [-0.4, -0.2) is 37.2 Å². The van der Waals surface area contributed by atoms with E-state index in [9.17, 15) is 14.4 Å². The van der Waals surface area contributed by atoms with Crippen LogP contribution >= 0.6 is 0 Å². The van der Waals surface area contributed by atoms with Gasteiger partial charge in [0.15, 0.2) is 6.10 Å². The summed E-state index contributed by atoms with van der Waals surface area (Å²) in [5.74, 6) is -1.01. The highest BCUT2D eigenvalue weighted by molar-refractivity contribution is 5.71. The second-order valence-electron chi connectivity index (χ2n) is 21.3. The van der Waals surface area contributed by atoms with Gasteiger partial charge in [-0.05, 0) is 128 Å². The zero-order valence-corrected chi connectivity index (χ0v) is 51.3. The van der Waals surface area contributed by atoms with Crippen LogP contribution in [0.4, 0.5) is 0 Å². The Balaban J connectivity index is 4.50. The molecule has 0 heterocycles. The fraction of sp³-hybridized carbons (Fsp3) is 0.658. The van der Waals surface area contributed by atoms with Crippen molar-refractivity contribution in [2.45, 2.75) is 297 Å². The van der Waals surface area contributed by atoms with Gasteiger partial charge >= 0.3 is 17.9 Å². The Bertz CT molecular complexity index is 1680. The third-order valence-corrected chi connectivity index (χ3v) is 13.6. The first-order chi connectivity index (χ1) is 39.0. The Morgan fingerprint density at radius 2 is 0.519 bits per heavy atom. The fourth-order valence-electron chi connectivity index (χ4n) is 8.74. The maximum Gasteiger partial charge on any atom is 0.306 e. The number of allylic oxidation sites excluding steroid dienone is 22. The van der Waals surface area contributed by atoms with Gasteiger partial charge in [0.25, 0.3) is 0 Å². The highest BCUT2D eigenvalue weighted by Gasteiger charge is 2.19. The topological polar surface area (TPSA) is 78.9 Å². The van der Waals surface area contributed by atoms with E-state index >= 15 is 0 Å². The summed E-state index contributed by atoms with van der Waals surface area (Å²) in [6.45, 7) is 6.43. The number of esters is 3. The van der Waals surface area contributed by atoms with Gasteiger partial charge in [0, 0.05) is 19.3 Å². The minimum absolute atomic E-state index is 0.117. The number of unbranched alkanes of at least 4 members (excludes halogenated alkanes) is 25. The third kappa shape index (κ3) is 64.3. The quantitative estimate of drug-likeness (QED) is 0.0261. The first kappa shape index (κ1) is 74.5. The highest BCUT2D eigenvalue weighted by Crippen LogP contribution is 2.15. The lowest BCUT2D eigenvalue weighted by Gasteiger charge is -2.18. The van der Waals surface area contributed by atoms with Gasteiger partial charge in [0.2, 0.25) is 0 Å². The first-order valence-electron chi connectivity index (χ1n) is 32.7. The van der Waals surface area contributed by atoms with E-state index in [1.165, 1.54) is 135 Å². The molecule has 0 saturated heterocycles. The van der Waals surface area contributed by atoms with Crippen LogP contribution in [0.5, 0.6) is 0 Å². The second-order valence-corrected chi connectivity index (χ2v) is 21.3. The summed E-state index contributed by atoms with van der Waals surface area (Å²) >= 11 is 0. The number of carbonyl (C=O) groups is 3. The van der Waals surface area contributed by atoms with Crippen molar-refractivity contribution < 1.29 is 28.6 Å². The van der Waals surface area contributed by atoms with Crippen molar-refractivity contribution in [1.82, 2.24) is 0 Å². The number of carbonyl (C=O) groups excluding carboxylic acids is 3. The monoisotopic (exact) mass is 1090 g/mol. The van der Waals surface area contributed by atoms with Gasteiger partial charge in [-0.2, -0.15) is 0 Å². The van der Waals surface area contributed by atoms with E-state index in [0.29, 0.717) is 19.3 Å². The summed E-state index contributed by atoms with van der Waals surface area (Å²) in [4.78, 5) is 38.3. The minimum atomic E-state index is -0.832. The normalized spacial score (nSPS) is 13.0. The lowest BCUT2D eigenvalue weighted by molar-refractivity contribution is -0.166. The van der Waals surface area contributed by atoms with Gasteiger partial charge in [-0.3, -0.25) is 14.4 Å². The predicted molar refractivity (Wildman–Crippen MR) is 343 cm³/mol. The third-order valence-electron chi connectivity index (χ3n) is 13.6. The largest absolute Gasteiger partial charge is 0.462 e. The zero-order chi connectivity index (χ0) is 57.1. The molecule has 0 aliphatic heterocycles. The Hall–Kier alpha value is -4.45. The van der Waals surface area contributed by atoms with Crippen molar-refractivity contribution in [2.24, 2.45) is 0 Å². The predicted octanol–water partition coefficient (Wildman–Crippen LogP) is 22.5. The van der Waals surface area contributed by atoms with Crippen molar-refractivity contribution in [2.75, 3.05) is 13.2 Å². The number of hydrogen-bond donors (Lipinski definition) is 0. The number of ether oxygens (including phenoxy) is 3. The van der Waals surface area contributed by atoms with Crippen LogP contribution in [0.15, 0.2) is 134 Å². The molecule has 6 heteroatoms. The molecule has 0 aromatic heterocycles. The Morgan fingerprint density at radius 3 is 0.848 bits per heavy atom. The molecule has 0 N–H and O–H groups in total.